The molecule has 0 bridgehead atoms. The number of aryl methyl sites for hydroxylation is 1. The minimum absolute atomic E-state index is 0.397. The molecule has 2 aromatic rings. The number of thiazole rings is 1. The Hall–Kier alpha value is -0.680. The highest BCUT2D eigenvalue weighted by molar-refractivity contribution is 7.15. The number of hydrogen-bond donors (Lipinski definition) is 1. The summed E-state index contributed by atoms with van der Waals surface area (Å²) in [5.74, 6) is 0. The van der Waals surface area contributed by atoms with Crippen LogP contribution in [0.2, 0.25) is 10.0 Å². The molecule has 0 saturated heterocycles. The third-order valence-electron chi connectivity index (χ3n) is 2.93. The average molecular weight is 301 g/mol. The topological polar surface area (TPSA) is 46.0 Å². The van der Waals surface area contributed by atoms with Crippen molar-refractivity contribution in [2.45, 2.75) is 25.4 Å². The molecule has 2 aromatic heterocycles. The number of nitrogens with zero attached hydrogens (tertiary/aromatic N) is 2. The first-order chi connectivity index (χ1) is 8.65. The lowest BCUT2D eigenvalue weighted by Gasteiger charge is -2.14. The number of fused-ring (bicyclic) bond motifs is 1. The van der Waals surface area contributed by atoms with Crippen LogP contribution in [0.4, 0.5) is 0 Å². The molecule has 6 heteroatoms. The number of pyridine rings is 1. The van der Waals surface area contributed by atoms with E-state index in [-0.39, 0.29) is 0 Å². The lowest BCUT2D eigenvalue weighted by Crippen LogP contribution is -2.06. The van der Waals surface area contributed by atoms with Crippen molar-refractivity contribution in [3.05, 3.63) is 32.9 Å². The number of aliphatic hydroxyl groups excluding tert-OH is 1. The molecule has 94 valence electrons. The van der Waals surface area contributed by atoms with Gasteiger partial charge in [-0.05, 0) is 25.3 Å². The maximum atomic E-state index is 9.93. The van der Waals surface area contributed by atoms with Gasteiger partial charge in [-0.1, -0.05) is 23.2 Å². The smallest absolute Gasteiger partial charge is 0.144 e. The van der Waals surface area contributed by atoms with Crippen molar-refractivity contribution in [2.75, 3.05) is 0 Å². The number of halogens is 2. The molecule has 1 N–H and O–H groups in total. The number of rotatable bonds is 1. The van der Waals surface area contributed by atoms with Gasteiger partial charge in [-0.3, -0.25) is 4.98 Å². The first kappa shape index (κ1) is 12.4. The highest BCUT2D eigenvalue weighted by atomic mass is 35.5. The molecule has 0 saturated carbocycles. The molecule has 2 heterocycles. The molecule has 0 amide bonds. The molecule has 1 aliphatic carbocycles. The van der Waals surface area contributed by atoms with Crippen molar-refractivity contribution in [1.82, 2.24) is 9.97 Å². The molecule has 0 aliphatic heterocycles. The van der Waals surface area contributed by atoms with Crippen molar-refractivity contribution >= 4 is 34.5 Å². The van der Waals surface area contributed by atoms with Gasteiger partial charge in [0.25, 0.3) is 0 Å². The van der Waals surface area contributed by atoms with E-state index in [0.29, 0.717) is 15.7 Å². The van der Waals surface area contributed by atoms with Gasteiger partial charge in [0.15, 0.2) is 0 Å². The highest BCUT2D eigenvalue weighted by Crippen LogP contribution is 2.39. The third kappa shape index (κ3) is 2.14. The van der Waals surface area contributed by atoms with E-state index in [4.69, 9.17) is 23.2 Å². The quantitative estimate of drug-likeness (QED) is 0.869. The summed E-state index contributed by atoms with van der Waals surface area (Å²) in [6.45, 7) is 0. The van der Waals surface area contributed by atoms with E-state index in [2.05, 4.69) is 9.97 Å². The van der Waals surface area contributed by atoms with Gasteiger partial charge in [-0.15, -0.1) is 11.3 Å². The molecular formula is C12H10Cl2N2OS. The van der Waals surface area contributed by atoms with Crippen LogP contribution in [0.25, 0.3) is 10.7 Å². The summed E-state index contributed by atoms with van der Waals surface area (Å²) < 4.78 is 0. The number of aromatic nitrogens is 2. The maximum absolute atomic E-state index is 9.93. The lowest BCUT2D eigenvalue weighted by atomic mass is 10.0. The fraction of sp³-hybridized carbons (Fsp3) is 0.333. The van der Waals surface area contributed by atoms with E-state index in [1.165, 1.54) is 11.3 Å². The zero-order valence-electron chi connectivity index (χ0n) is 9.36. The van der Waals surface area contributed by atoms with Crippen molar-refractivity contribution in [3.63, 3.8) is 0 Å². The van der Waals surface area contributed by atoms with Crippen LogP contribution in [0.1, 0.15) is 29.5 Å². The van der Waals surface area contributed by atoms with Crippen LogP contribution < -0.4 is 0 Å². The van der Waals surface area contributed by atoms with Crippen molar-refractivity contribution in [2.24, 2.45) is 0 Å². The molecule has 1 aliphatic rings. The third-order valence-corrected chi connectivity index (χ3v) is 4.63. The summed E-state index contributed by atoms with van der Waals surface area (Å²) >= 11 is 13.4. The molecule has 3 nitrogen and oxygen atoms in total. The summed E-state index contributed by atoms with van der Waals surface area (Å²) in [6.07, 6.45) is 3.84. The Morgan fingerprint density at radius 3 is 2.94 bits per heavy atom. The maximum Gasteiger partial charge on any atom is 0.144 e. The van der Waals surface area contributed by atoms with E-state index in [0.717, 1.165) is 34.8 Å². The average Bonchev–Trinajstić information content (AvgIpc) is 2.74. The van der Waals surface area contributed by atoms with Gasteiger partial charge in [0.05, 0.1) is 26.7 Å². The Morgan fingerprint density at radius 2 is 2.22 bits per heavy atom. The monoisotopic (exact) mass is 300 g/mol. The van der Waals surface area contributed by atoms with Gasteiger partial charge < -0.3 is 5.11 Å². The zero-order valence-corrected chi connectivity index (χ0v) is 11.7. The second kappa shape index (κ2) is 4.78. The van der Waals surface area contributed by atoms with Crippen LogP contribution in [-0.2, 0) is 6.42 Å². The fourth-order valence-electron chi connectivity index (χ4n) is 2.07. The SMILES string of the molecule is OC1CCCc2nc(-c3ncc(Cl)cc3Cl)sc21. The summed E-state index contributed by atoms with van der Waals surface area (Å²) in [4.78, 5) is 9.70. The first-order valence-electron chi connectivity index (χ1n) is 5.64. The predicted octanol–water partition coefficient (Wildman–Crippen LogP) is 3.88. The Labute approximate surface area is 118 Å². The fourth-order valence-corrected chi connectivity index (χ4v) is 3.74. The molecule has 1 atom stereocenters. The highest BCUT2D eigenvalue weighted by Gasteiger charge is 2.24. The van der Waals surface area contributed by atoms with Gasteiger partial charge in [0.2, 0.25) is 0 Å². The van der Waals surface area contributed by atoms with Crippen LogP contribution in [0.15, 0.2) is 12.3 Å². The molecule has 0 spiro atoms. The minimum Gasteiger partial charge on any atom is -0.388 e. The van der Waals surface area contributed by atoms with E-state index in [1.54, 1.807) is 12.3 Å². The summed E-state index contributed by atoms with van der Waals surface area (Å²) in [7, 11) is 0. The molecular weight excluding hydrogens is 291 g/mol. The number of aliphatic hydroxyl groups is 1. The van der Waals surface area contributed by atoms with Crippen LogP contribution in [-0.4, -0.2) is 15.1 Å². The van der Waals surface area contributed by atoms with Gasteiger partial charge >= 0.3 is 0 Å². The normalized spacial score (nSPS) is 18.7. The summed E-state index contributed by atoms with van der Waals surface area (Å²) in [6, 6.07) is 1.66. The van der Waals surface area contributed by atoms with Crippen molar-refractivity contribution in [3.8, 4) is 10.7 Å². The molecule has 0 fully saturated rings. The summed E-state index contributed by atoms with van der Waals surface area (Å²) in [5.41, 5.74) is 1.61. The lowest BCUT2D eigenvalue weighted by molar-refractivity contribution is 0.160. The second-order valence-electron chi connectivity index (χ2n) is 4.22. The number of hydrogen-bond acceptors (Lipinski definition) is 4. The van der Waals surface area contributed by atoms with Crippen molar-refractivity contribution < 1.29 is 5.11 Å². The van der Waals surface area contributed by atoms with E-state index >= 15 is 0 Å². The first-order valence-corrected chi connectivity index (χ1v) is 7.21. The molecule has 3 rings (SSSR count). The minimum atomic E-state index is -0.397. The van der Waals surface area contributed by atoms with Crippen LogP contribution in [0.5, 0.6) is 0 Å². The van der Waals surface area contributed by atoms with Gasteiger partial charge in [0, 0.05) is 6.20 Å². The summed E-state index contributed by atoms with van der Waals surface area (Å²) in [5, 5.41) is 11.7. The molecule has 1 unspecified atom stereocenters. The van der Waals surface area contributed by atoms with E-state index in [9.17, 15) is 5.11 Å². The van der Waals surface area contributed by atoms with Crippen LogP contribution in [0, 0.1) is 0 Å². The molecule has 0 radical (unpaired) electrons. The Morgan fingerprint density at radius 1 is 1.39 bits per heavy atom. The Kier molecular flexibility index (Phi) is 3.28. The van der Waals surface area contributed by atoms with Crippen LogP contribution >= 0.6 is 34.5 Å². The molecule has 18 heavy (non-hydrogen) atoms. The van der Waals surface area contributed by atoms with Crippen LogP contribution in [0.3, 0.4) is 0 Å². The Bertz CT molecular complexity index is 600. The largest absolute Gasteiger partial charge is 0.388 e. The van der Waals surface area contributed by atoms with Crippen molar-refractivity contribution in [1.29, 1.82) is 0 Å². The standard InChI is InChI=1S/C12H10Cl2N2OS/c13-6-4-7(14)10(15-5-6)12-16-8-2-1-3-9(17)11(8)18-12/h4-5,9,17H,1-3H2. The van der Waals surface area contributed by atoms with Gasteiger partial charge in [0.1, 0.15) is 10.7 Å². The second-order valence-corrected chi connectivity index (χ2v) is 6.10. The predicted molar refractivity (Wildman–Crippen MR) is 73.3 cm³/mol. The van der Waals surface area contributed by atoms with E-state index in [1.807, 2.05) is 0 Å². The van der Waals surface area contributed by atoms with Gasteiger partial charge in [-0.2, -0.15) is 0 Å². The zero-order chi connectivity index (χ0) is 12.7. The van der Waals surface area contributed by atoms with E-state index < -0.39 is 6.10 Å². The Balaban J connectivity index is 2.07. The van der Waals surface area contributed by atoms with Gasteiger partial charge in [-0.25, -0.2) is 4.98 Å². The molecule has 0 aromatic carbocycles.